The molecule has 1 saturated heterocycles. The van der Waals surface area contributed by atoms with Crippen LogP contribution in [0.4, 0.5) is 5.69 Å². The Morgan fingerprint density at radius 2 is 1.81 bits per heavy atom. The van der Waals surface area contributed by atoms with Crippen LogP contribution in [0.2, 0.25) is 0 Å². The molecule has 0 aliphatic carbocycles. The summed E-state index contributed by atoms with van der Waals surface area (Å²) in [6, 6.07) is 14.1. The van der Waals surface area contributed by atoms with Gasteiger partial charge < -0.3 is 19.7 Å². The molecule has 2 amide bonds. The van der Waals surface area contributed by atoms with E-state index in [0.29, 0.717) is 30.2 Å². The van der Waals surface area contributed by atoms with Crippen molar-refractivity contribution in [3.63, 3.8) is 0 Å². The summed E-state index contributed by atoms with van der Waals surface area (Å²) in [5.41, 5.74) is 0.702. The molecule has 0 aromatic heterocycles. The van der Waals surface area contributed by atoms with Crippen molar-refractivity contribution in [2.75, 3.05) is 18.5 Å². The highest BCUT2D eigenvalue weighted by atomic mass is 79.9. The molecule has 0 spiro atoms. The predicted octanol–water partition coefficient (Wildman–Crippen LogP) is 3.22. The Morgan fingerprint density at radius 3 is 2.59 bits per heavy atom. The fraction of sp³-hybridized carbons (Fsp3) is 0.300. The molecule has 4 rings (SSSR count). The second kappa shape index (κ2) is 7.60. The molecule has 140 valence electrons. The molecule has 2 aromatic rings. The third-order valence-electron chi connectivity index (χ3n) is 4.73. The molecule has 2 aromatic carbocycles. The van der Waals surface area contributed by atoms with Gasteiger partial charge >= 0.3 is 0 Å². The number of carbonyl (C=O) groups is 2. The van der Waals surface area contributed by atoms with Crippen LogP contribution in [-0.2, 0) is 9.59 Å². The van der Waals surface area contributed by atoms with Crippen LogP contribution >= 0.6 is 15.9 Å². The minimum Gasteiger partial charge on any atom is -0.485 e. The van der Waals surface area contributed by atoms with Gasteiger partial charge in [0.25, 0.3) is 5.91 Å². The lowest BCUT2D eigenvalue weighted by Gasteiger charge is -2.31. The zero-order valence-corrected chi connectivity index (χ0v) is 16.1. The summed E-state index contributed by atoms with van der Waals surface area (Å²) in [4.78, 5) is 27.3. The molecule has 0 radical (unpaired) electrons. The van der Waals surface area contributed by atoms with Crippen molar-refractivity contribution in [1.82, 2.24) is 4.90 Å². The Bertz CT molecular complexity index is 855. The van der Waals surface area contributed by atoms with Gasteiger partial charge in [-0.1, -0.05) is 28.1 Å². The van der Waals surface area contributed by atoms with Crippen molar-refractivity contribution in [3.05, 3.63) is 53.0 Å². The van der Waals surface area contributed by atoms with Crippen LogP contribution in [0.5, 0.6) is 11.5 Å². The summed E-state index contributed by atoms with van der Waals surface area (Å²) in [6.45, 7) is 0.687. The monoisotopic (exact) mass is 430 g/mol. The Labute approximate surface area is 165 Å². The van der Waals surface area contributed by atoms with Gasteiger partial charge in [-0.3, -0.25) is 9.59 Å². The van der Waals surface area contributed by atoms with E-state index in [9.17, 15) is 9.59 Å². The van der Waals surface area contributed by atoms with E-state index in [-0.39, 0.29) is 18.4 Å². The molecule has 0 saturated carbocycles. The number of carbonyl (C=O) groups excluding carboxylic acids is 2. The number of para-hydroxylation sites is 2. The molecular weight excluding hydrogens is 412 g/mol. The number of likely N-dealkylation sites (tertiary alicyclic amines) is 1. The van der Waals surface area contributed by atoms with Crippen molar-refractivity contribution in [2.45, 2.75) is 25.0 Å². The normalized spacial score (nSPS) is 21.0. The number of ether oxygens (including phenoxy) is 2. The van der Waals surface area contributed by atoms with Gasteiger partial charge in [-0.15, -0.1) is 0 Å². The lowest BCUT2D eigenvalue weighted by Crippen LogP contribution is -2.51. The number of anilines is 1. The van der Waals surface area contributed by atoms with E-state index in [0.717, 1.165) is 10.9 Å². The van der Waals surface area contributed by atoms with Crippen LogP contribution < -0.4 is 14.8 Å². The second-order valence-electron chi connectivity index (χ2n) is 6.55. The van der Waals surface area contributed by atoms with Gasteiger partial charge in [0.05, 0.1) is 0 Å². The topological polar surface area (TPSA) is 67.9 Å². The van der Waals surface area contributed by atoms with Gasteiger partial charge in [0, 0.05) is 16.7 Å². The number of rotatable bonds is 3. The zero-order chi connectivity index (χ0) is 18.8. The van der Waals surface area contributed by atoms with Gasteiger partial charge in [-0.25, -0.2) is 0 Å². The third kappa shape index (κ3) is 3.78. The molecule has 6 nitrogen and oxygen atoms in total. The van der Waals surface area contributed by atoms with Crippen molar-refractivity contribution in [3.8, 4) is 11.5 Å². The highest BCUT2D eigenvalue weighted by Crippen LogP contribution is 2.32. The fourth-order valence-electron chi connectivity index (χ4n) is 3.39. The number of hydrogen-bond acceptors (Lipinski definition) is 4. The summed E-state index contributed by atoms with van der Waals surface area (Å²) in [5.74, 6) is 0.794. The Morgan fingerprint density at radius 1 is 1.07 bits per heavy atom. The Hall–Kier alpha value is -2.54. The van der Waals surface area contributed by atoms with E-state index in [1.807, 2.05) is 36.4 Å². The molecule has 2 heterocycles. The number of halogens is 1. The summed E-state index contributed by atoms with van der Waals surface area (Å²) in [7, 11) is 0. The number of benzene rings is 2. The lowest BCUT2D eigenvalue weighted by molar-refractivity contribution is -0.145. The highest BCUT2D eigenvalue weighted by Gasteiger charge is 2.39. The second-order valence-corrected chi connectivity index (χ2v) is 7.47. The number of nitrogens with zero attached hydrogens (tertiary/aromatic N) is 1. The van der Waals surface area contributed by atoms with E-state index < -0.39 is 12.1 Å². The molecule has 7 heteroatoms. The third-order valence-corrected chi connectivity index (χ3v) is 5.26. The van der Waals surface area contributed by atoms with Crippen LogP contribution in [0.15, 0.2) is 53.0 Å². The summed E-state index contributed by atoms with van der Waals surface area (Å²) in [5, 5.41) is 2.89. The number of hydrogen-bond donors (Lipinski definition) is 1. The molecule has 27 heavy (non-hydrogen) atoms. The number of fused-ring (bicyclic) bond motifs is 1. The minimum atomic E-state index is -0.735. The first-order valence-electron chi connectivity index (χ1n) is 8.87. The van der Waals surface area contributed by atoms with Crippen molar-refractivity contribution >= 4 is 33.4 Å². The number of amides is 2. The summed E-state index contributed by atoms with van der Waals surface area (Å²) < 4.78 is 12.4. The van der Waals surface area contributed by atoms with E-state index in [4.69, 9.17) is 9.47 Å². The van der Waals surface area contributed by atoms with E-state index in [1.54, 1.807) is 17.0 Å². The molecule has 1 fully saturated rings. The predicted molar refractivity (Wildman–Crippen MR) is 104 cm³/mol. The molecule has 0 bridgehead atoms. The standard InChI is InChI=1S/C20H19BrN2O4/c21-13-7-9-14(10-8-13)22-19(24)15-4-3-11-23(15)20(25)18-12-26-16-5-1-2-6-17(16)27-18/h1-2,5-10,15,18H,3-4,11-12H2,(H,22,24)/t15-,18-/m1/s1. The molecule has 2 aliphatic heterocycles. The quantitative estimate of drug-likeness (QED) is 0.811. The fourth-order valence-corrected chi connectivity index (χ4v) is 3.65. The van der Waals surface area contributed by atoms with Crippen LogP contribution in [0.1, 0.15) is 12.8 Å². The average molecular weight is 431 g/mol. The van der Waals surface area contributed by atoms with E-state index >= 15 is 0 Å². The number of nitrogens with one attached hydrogen (secondary N) is 1. The van der Waals surface area contributed by atoms with Crippen LogP contribution in [0.25, 0.3) is 0 Å². The lowest BCUT2D eigenvalue weighted by atomic mass is 10.1. The van der Waals surface area contributed by atoms with E-state index in [1.165, 1.54) is 0 Å². The maximum Gasteiger partial charge on any atom is 0.267 e. The first-order chi connectivity index (χ1) is 13.1. The molecular formula is C20H19BrN2O4. The summed E-state index contributed by atoms with van der Waals surface area (Å²) >= 11 is 3.37. The van der Waals surface area contributed by atoms with Crippen molar-refractivity contribution < 1.29 is 19.1 Å². The Kier molecular flexibility index (Phi) is 5.03. The SMILES string of the molecule is O=C(Nc1ccc(Br)cc1)[C@H]1CCCN1C(=O)[C@H]1COc2ccccc2O1. The van der Waals surface area contributed by atoms with Crippen molar-refractivity contribution in [1.29, 1.82) is 0 Å². The van der Waals surface area contributed by atoms with Gasteiger partial charge in [0.15, 0.2) is 11.5 Å². The van der Waals surface area contributed by atoms with Crippen molar-refractivity contribution in [2.24, 2.45) is 0 Å². The summed E-state index contributed by atoms with van der Waals surface area (Å²) in [6.07, 6.45) is 0.688. The Balaban J connectivity index is 1.44. The van der Waals surface area contributed by atoms with Crippen LogP contribution in [-0.4, -0.2) is 42.0 Å². The van der Waals surface area contributed by atoms with Gasteiger partial charge in [0.1, 0.15) is 12.6 Å². The first kappa shape index (κ1) is 17.9. The molecule has 2 aliphatic rings. The average Bonchev–Trinajstić information content (AvgIpc) is 3.19. The molecule has 2 atom stereocenters. The molecule has 0 unspecified atom stereocenters. The smallest absolute Gasteiger partial charge is 0.267 e. The zero-order valence-electron chi connectivity index (χ0n) is 14.6. The van der Waals surface area contributed by atoms with Gasteiger partial charge in [0.2, 0.25) is 12.0 Å². The van der Waals surface area contributed by atoms with E-state index in [2.05, 4.69) is 21.2 Å². The highest BCUT2D eigenvalue weighted by molar-refractivity contribution is 9.10. The minimum absolute atomic E-state index is 0.146. The largest absolute Gasteiger partial charge is 0.485 e. The maximum absolute atomic E-state index is 13.0. The van der Waals surface area contributed by atoms with Gasteiger partial charge in [-0.05, 0) is 49.2 Å². The van der Waals surface area contributed by atoms with Crippen LogP contribution in [0.3, 0.4) is 0 Å². The van der Waals surface area contributed by atoms with Crippen LogP contribution in [0, 0.1) is 0 Å². The van der Waals surface area contributed by atoms with Gasteiger partial charge in [-0.2, -0.15) is 0 Å². The molecule has 1 N–H and O–H groups in total. The maximum atomic E-state index is 13.0. The first-order valence-corrected chi connectivity index (χ1v) is 9.66.